The third kappa shape index (κ3) is 4.17. The summed E-state index contributed by atoms with van der Waals surface area (Å²) in [7, 11) is 0. The summed E-state index contributed by atoms with van der Waals surface area (Å²) in [6, 6.07) is -0.156. The molecule has 3 saturated heterocycles. The number of carbonyl (C=O) groups excluding carboxylic acids is 2. The van der Waals surface area contributed by atoms with Crippen LogP contribution in [0.5, 0.6) is 0 Å². The Balaban J connectivity index is 1.18. The second kappa shape index (κ2) is 8.82. The lowest BCUT2D eigenvalue weighted by molar-refractivity contribution is -0.130. The van der Waals surface area contributed by atoms with Gasteiger partial charge in [-0.25, -0.2) is 8.78 Å². The lowest BCUT2D eigenvalue weighted by Gasteiger charge is -2.38. The minimum Gasteiger partial charge on any atom is -0.352 e. The van der Waals surface area contributed by atoms with E-state index >= 15 is 0 Å². The monoisotopic (exact) mass is 452 g/mol. The molecule has 0 aromatic rings. The molecule has 2 aliphatic carbocycles. The van der Waals surface area contributed by atoms with Crippen LogP contribution < -0.4 is 10.6 Å². The number of nitrogens with one attached hydrogen (secondary N) is 2. The van der Waals surface area contributed by atoms with Gasteiger partial charge in [0.15, 0.2) is 0 Å². The maximum absolute atomic E-state index is 14.7. The summed E-state index contributed by atoms with van der Waals surface area (Å²) < 4.78 is 29.1. The first kappa shape index (κ1) is 22.5. The van der Waals surface area contributed by atoms with E-state index in [4.69, 9.17) is 0 Å². The second-order valence-electron chi connectivity index (χ2n) is 11.2. The SMILES string of the molecule is CC(=O)N1CC[C@@H]2CN(C3CC(F)CC(NC(=O)C4CC5C(F)CCC(C)C5N4)C3)C[C@H]21. The number of alkyl halides is 2. The summed E-state index contributed by atoms with van der Waals surface area (Å²) in [5, 5.41) is 6.49. The van der Waals surface area contributed by atoms with Crippen LogP contribution in [-0.2, 0) is 9.59 Å². The Morgan fingerprint density at radius 1 is 1.03 bits per heavy atom. The maximum Gasteiger partial charge on any atom is 0.237 e. The standard InChI is InChI=1S/C24H38F2N4O2/c1-13-3-4-20(26)19-10-21(28-23(13)19)24(32)27-17-7-16(25)8-18(9-17)29-11-15-5-6-30(14(2)31)22(15)12-29/h13,15-23,28H,3-12H2,1-2H3,(H,27,32)/t13?,15-,16?,17?,18?,19?,20?,21?,22-,23?/m1/s1. The van der Waals surface area contributed by atoms with Crippen LogP contribution in [0.1, 0.15) is 58.8 Å². The molecule has 8 heteroatoms. The van der Waals surface area contributed by atoms with Crippen LogP contribution in [0.15, 0.2) is 0 Å². The van der Waals surface area contributed by atoms with E-state index in [1.165, 1.54) is 0 Å². The van der Waals surface area contributed by atoms with Gasteiger partial charge in [0.2, 0.25) is 11.8 Å². The molecule has 2 N–H and O–H groups in total. The number of fused-ring (bicyclic) bond motifs is 2. The number of halogens is 2. The molecule has 0 spiro atoms. The molecule has 5 rings (SSSR count). The summed E-state index contributed by atoms with van der Waals surface area (Å²) in [6.45, 7) is 6.33. The van der Waals surface area contributed by atoms with Gasteiger partial charge in [0, 0.05) is 56.6 Å². The van der Waals surface area contributed by atoms with Crippen LogP contribution >= 0.6 is 0 Å². The molecular weight excluding hydrogens is 414 g/mol. The highest BCUT2D eigenvalue weighted by atomic mass is 19.1. The highest BCUT2D eigenvalue weighted by molar-refractivity contribution is 5.82. The van der Waals surface area contributed by atoms with Crippen molar-refractivity contribution in [3.05, 3.63) is 0 Å². The number of hydrogen-bond donors (Lipinski definition) is 2. The van der Waals surface area contributed by atoms with Crippen LogP contribution in [0.4, 0.5) is 8.78 Å². The van der Waals surface area contributed by atoms with Crippen molar-refractivity contribution in [3.8, 4) is 0 Å². The summed E-state index contributed by atoms with van der Waals surface area (Å²) in [5.41, 5.74) is 0. The smallest absolute Gasteiger partial charge is 0.237 e. The van der Waals surface area contributed by atoms with E-state index in [1.54, 1.807) is 6.92 Å². The fourth-order valence-electron chi connectivity index (χ4n) is 7.42. The van der Waals surface area contributed by atoms with Gasteiger partial charge in [0.25, 0.3) is 0 Å². The Hall–Kier alpha value is -1.28. The van der Waals surface area contributed by atoms with Gasteiger partial charge in [-0.05, 0) is 56.8 Å². The minimum atomic E-state index is -0.933. The Labute approximate surface area is 189 Å². The molecule has 10 atom stereocenters. The number of nitrogens with zero attached hydrogens (tertiary/aromatic N) is 2. The van der Waals surface area contributed by atoms with Crippen molar-refractivity contribution in [3.63, 3.8) is 0 Å². The molecule has 3 aliphatic heterocycles. The normalized spacial score (nSPS) is 46.7. The molecular formula is C24H38F2N4O2. The molecule has 32 heavy (non-hydrogen) atoms. The first-order valence-electron chi connectivity index (χ1n) is 12.7. The second-order valence-corrected chi connectivity index (χ2v) is 11.2. The topological polar surface area (TPSA) is 64.7 Å². The zero-order valence-corrected chi connectivity index (χ0v) is 19.3. The fraction of sp³-hybridized carbons (Fsp3) is 0.917. The third-order valence-electron chi connectivity index (χ3n) is 9.12. The number of amides is 2. The summed E-state index contributed by atoms with van der Waals surface area (Å²) in [6.07, 6.45) is 2.83. The van der Waals surface area contributed by atoms with Gasteiger partial charge < -0.3 is 15.5 Å². The Bertz CT molecular complexity index is 721. The minimum absolute atomic E-state index is 0.0655. The third-order valence-corrected chi connectivity index (χ3v) is 9.12. The average Bonchev–Trinajstić information content (AvgIpc) is 3.44. The highest BCUT2D eigenvalue weighted by Crippen LogP contribution is 2.39. The van der Waals surface area contributed by atoms with Crippen molar-refractivity contribution in [2.24, 2.45) is 17.8 Å². The summed E-state index contributed by atoms with van der Waals surface area (Å²) in [4.78, 5) is 29.3. The summed E-state index contributed by atoms with van der Waals surface area (Å²) in [5.74, 6) is 0.802. The molecule has 2 amide bonds. The molecule has 3 heterocycles. The molecule has 0 aromatic carbocycles. The van der Waals surface area contributed by atoms with E-state index in [1.807, 2.05) is 4.90 Å². The van der Waals surface area contributed by atoms with Crippen molar-refractivity contribution >= 4 is 11.8 Å². The predicted molar refractivity (Wildman–Crippen MR) is 117 cm³/mol. The molecule has 2 saturated carbocycles. The van der Waals surface area contributed by atoms with Gasteiger partial charge in [0.1, 0.15) is 12.3 Å². The first-order valence-corrected chi connectivity index (χ1v) is 12.7. The zero-order chi connectivity index (χ0) is 22.6. The molecule has 0 radical (unpaired) electrons. The van der Waals surface area contributed by atoms with Crippen molar-refractivity contribution in [2.75, 3.05) is 19.6 Å². The van der Waals surface area contributed by atoms with Crippen LogP contribution in [0.3, 0.4) is 0 Å². The zero-order valence-electron chi connectivity index (χ0n) is 19.3. The number of likely N-dealkylation sites (tertiary alicyclic amines) is 2. The van der Waals surface area contributed by atoms with Crippen molar-refractivity contribution in [1.29, 1.82) is 0 Å². The van der Waals surface area contributed by atoms with Crippen molar-refractivity contribution in [1.82, 2.24) is 20.4 Å². The molecule has 5 fully saturated rings. The van der Waals surface area contributed by atoms with Gasteiger partial charge in [-0.3, -0.25) is 14.5 Å². The largest absolute Gasteiger partial charge is 0.352 e. The maximum atomic E-state index is 14.7. The van der Waals surface area contributed by atoms with E-state index in [-0.39, 0.29) is 47.9 Å². The molecule has 0 bridgehead atoms. The van der Waals surface area contributed by atoms with E-state index in [9.17, 15) is 18.4 Å². The Kier molecular flexibility index (Phi) is 6.20. The Morgan fingerprint density at radius 2 is 1.84 bits per heavy atom. The lowest BCUT2D eigenvalue weighted by Crippen LogP contribution is -2.53. The summed E-state index contributed by atoms with van der Waals surface area (Å²) >= 11 is 0. The molecule has 6 nitrogen and oxygen atoms in total. The van der Waals surface area contributed by atoms with Crippen molar-refractivity contribution in [2.45, 2.75) is 101 Å². The fourth-order valence-corrected chi connectivity index (χ4v) is 7.42. The average molecular weight is 453 g/mol. The van der Waals surface area contributed by atoms with E-state index in [2.05, 4.69) is 22.5 Å². The molecule has 8 unspecified atom stereocenters. The number of carbonyl (C=O) groups is 2. The van der Waals surface area contributed by atoms with Crippen LogP contribution in [0.2, 0.25) is 0 Å². The van der Waals surface area contributed by atoms with Crippen LogP contribution in [-0.4, -0.2) is 83.8 Å². The lowest BCUT2D eigenvalue weighted by atomic mass is 9.77. The van der Waals surface area contributed by atoms with E-state index < -0.39 is 12.3 Å². The van der Waals surface area contributed by atoms with Gasteiger partial charge in [-0.1, -0.05) is 6.92 Å². The van der Waals surface area contributed by atoms with Gasteiger partial charge >= 0.3 is 0 Å². The van der Waals surface area contributed by atoms with Crippen molar-refractivity contribution < 1.29 is 18.4 Å². The van der Waals surface area contributed by atoms with Gasteiger partial charge in [0.05, 0.1) is 6.04 Å². The van der Waals surface area contributed by atoms with Crippen LogP contribution in [0, 0.1) is 17.8 Å². The van der Waals surface area contributed by atoms with Gasteiger partial charge in [-0.2, -0.15) is 0 Å². The van der Waals surface area contributed by atoms with Crippen LogP contribution in [0.25, 0.3) is 0 Å². The highest BCUT2D eigenvalue weighted by Gasteiger charge is 2.48. The molecule has 180 valence electrons. The Morgan fingerprint density at radius 3 is 2.59 bits per heavy atom. The number of rotatable bonds is 3. The van der Waals surface area contributed by atoms with E-state index in [0.717, 1.165) is 38.9 Å². The predicted octanol–water partition coefficient (Wildman–Crippen LogP) is 2.03. The van der Waals surface area contributed by atoms with E-state index in [0.29, 0.717) is 37.5 Å². The number of hydrogen-bond acceptors (Lipinski definition) is 4. The molecule has 0 aromatic heterocycles. The molecule has 5 aliphatic rings. The van der Waals surface area contributed by atoms with Gasteiger partial charge in [-0.15, -0.1) is 0 Å². The first-order chi connectivity index (χ1) is 15.3. The quantitative estimate of drug-likeness (QED) is 0.688.